The van der Waals surface area contributed by atoms with Crippen LogP contribution in [0.25, 0.3) is 0 Å². The van der Waals surface area contributed by atoms with Gasteiger partial charge in [0, 0.05) is 27.7 Å². The largest absolute Gasteiger partial charge is 0.356 e. The molecule has 0 bridgehead atoms. The average Bonchev–Trinajstić information content (AvgIpc) is 2.29. The van der Waals surface area contributed by atoms with Crippen LogP contribution in [0.4, 0.5) is 0 Å². The number of nitrogens with zero attached hydrogens (tertiary/aromatic N) is 2. The fraction of sp³-hybridized carbons (Fsp3) is 0.500. The smallest absolute Gasteiger partial charge is 0.193 e. The van der Waals surface area contributed by atoms with Crippen molar-refractivity contribution >= 4 is 5.96 Å². The molecule has 0 amide bonds. The fourth-order valence-corrected chi connectivity index (χ4v) is 1.78. The number of hydrogen-bond donors (Lipinski definition) is 1. The zero-order chi connectivity index (χ0) is 12.8. The summed E-state index contributed by atoms with van der Waals surface area (Å²) >= 11 is 0. The van der Waals surface area contributed by atoms with E-state index in [9.17, 15) is 0 Å². The second-order valence-corrected chi connectivity index (χ2v) is 4.64. The molecule has 1 rings (SSSR count). The Labute approximate surface area is 105 Å². The van der Waals surface area contributed by atoms with Crippen molar-refractivity contribution in [1.82, 2.24) is 10.2 Å². The SMILES string of the molecule is CN=C(NCC(C)c1cccc(C)c1)N(C)C. The standard InChI is InChI=1S/C14H23N3/c1-11-7-6-8-13(9-11)12(2)10-16-14(15-3)17(4)5/h6-9,12H,10H2,1-5H3,(H,15,16). The van der Waals surface area contributed by atoms with E-state index in [1.54, 1.807) is 7.05 Å². The number of nitrogens with one attached hydrogen (secondary N) is 1. The highest BCUT2D eigenvalue weighted by Gasteiger charge is 2.07. The quantitative estimate of drug-likeness (QED) is 0.640. The lowest BCUT2D eigenvalue weighted by atomic mass is 9.99. The third kappa shape index (κ3) is 4.10. The molecule has 1 unspecified atom stereocenters. The number of benzene rings is 1. The molecule has 0 saturated heterocycles. The molecular formula is C14H23N3. The van der Waals surface area contributed by atoms with Crippen LogP contribution in [0.5, 0.6) is 0 Å². The van der Waals surface area contributed by atoms with E-state index >= 15 is 0 Å². The third-order valence-corrected chi connectivity index (χ3v) is 2.81. The monoisotopic (exact) mass is 233 g/mol. The maximum atomic E-state index is 4.20. The van der Waals surface area contributed by atoms with Crippen LogP contribution in [0.3, 0.4) is 0 Å². The Morgan fingerprint density at radius 2 is 2.12 bits per heavy atom. The lowest BCUT2D eigenvalue weighted by Gasteiger charge is -2.20. The highest BCUT2D eigenvalue weighted by molar-refractivity contribution is 5.79. The Morgan fingerprint density at radius 3 is 2.65 bits per heavy atom. The molecule has 0 aliphatic heterocycles. The first-order valence-electron chi connectivity index (χ1n) is 5.99. The first-order chi connectivity index (χ1) is 8.04. The van der Waals surface area contributed by atoms with Crippen LogP contribution in [-0.4, -0.2) is 38.5 Å². The van der Waals surface area contributed by atoms with Crippen molar-refractivity contribution in [2.45, 2.75) is 19.8 Å². The molecule has 0 fully saturated rings. The molecule has 0 saturated carbocycles. The zero-order valence-electron chi connectivity index (χ0n) is 11.5. The molecule has 1 N–H and O–H groups in total. The van der Waals surface area contributed by atoms with Gasteiger partial charge in [-0.1, -0.05) is 36.8 Å². The molecule has 3 heteroatoms. The van der Waals surface area contributed by atoms with E-state index in [4.69, 9.17) is 0 Å². The zero-order valence-corrected chi connectivity index (χ0v) is 11.5. The number of aryl methyl sites for hydroxylation is 1. The van der Waals surface area contributed by atoms with Crippen LogP contribution < -0.4 is 5.32 Å². The maximum Gasteiger partial charge on any atom is 0.193 e. The van der Waals surface area contributed by atoms with Crippen molar-refractivity contribution in [1.29, 1.82) is 0 Å². The summed E-state index contributed by atoms with van der Waals surface area (Å²) in [5.41, 5.74) is 2.68. The summed E-state index contributed by atoms with van der Waals surface area (Å²) < 4.78 is 0. The minimum atomic E-state index is 0.478. The molecular weight excluding hydrogens is 210 g/mol. The third-order valence-electron chi connectivity index (χ3n) is 2.81. The van der Waals surface area contributed by atoms with Crippen molar-refractivity contribution in [2.24, 2.45) is 4.99 Å². The van der Waals surface area contributed by atoms with Crippen LogP contribution in [0, 0.1) is 6.92 Å². The molecule has 0 spiro atoms. The molecule has 94 valence electrons. The Balaban J connectivity index is 2.58. The number of aliphatic imine (C=N–C) groups is 1. The van der Waals surface area contributed by atoms with Crippen LogP contribution >= 0.6 is 0 Å². The summed E-state index contributed by atoms with van der Waals surface area (Å²) in [5.74, 6) is 1.40. The number of rotatable bonds is 3. The average molecular weight is 233 g/mol. The number of guanidine groups is 1. The van der Waals surface area contributed by atoms with Crippen LogP contribution in [0.15, 0.2) is 29.3 Å². The molecule has 17 heavy (non-hydrogen) atoms. The van der Waals surface area contributed by atoms with Gasteiger partial charge in [0.25, 0.3) is 0 Å². The Hall–Kier alpha value is -1.51. The van der Waals surface area contributed by atoms with Crippen molar-refractivity contribution in [2.75, 3.05) is 27.7 Å². The van der Waals surface area contributed by atoms with E-state index < -0.39 is 0 Å². The molecule has 1 aromatic rings. The second-order valence-electron chi connectivity index (χ2n) is 4.64. The van der Waals surface area contributed by atoms with Gasteiger partial charge in [-0.15, -0.1) is 0 Å². The first-order valence-corrected chi connectivity index (χ1v) is 5.99. The van der Waals surface area contributed by atoms with E-state index in [2.05, 4.69) is 48.4 Å². The normalized spacial score (nSPS) is 13.4. The van der Waals surface area contributed by atoms with Crippen molar-refractivity contribution in [3.63, 3.8) is 0 Å². The minimum absolute atomic E-state index is 0.478. The first kappa shape index (κ1) is 13.6. The van der Waals surface area contributed by atoms with Crippen molar-refractivity contribution in [3.05, 3.63) is 35.4 Å². The van der Waals surface area contributed by atoms with Crippen LogP contribution in [0.1, 0.15) is 24.0 Å². The summed E-state index contributed by atoms with van der Waals surface area (Å²) in [6.07, 6.45) is 0. The van der Waals surface area contributed by atoms with Crippen LogP contribution in [-0.2, 0) is 0 Å². The summed E-state index contributed by atoms with van der Waals surface area (Å²) in [6.45, 7) is 5.25. The molecule has 1 aromatic carbocycles. The van der Waals surface area contributed by atoms with E-state index in [-0.39, 0.29) is 0 Å². The summed E-state index contributed by atoms with van der Waals surface area (Å²) in [5, 5.41) is 3.36. The van der Waals surface area contributed by atoms with Gasteiger partial charge in [0.05, 0.1) is 0 Å². The van der Waals surface area contributed by atoms with Gasteiger partial charge in [-0.3, -0.25) is 4.99 Å². The topological polar surface area (TPSA) is 27.6 Å². The molecule has 0 aromatic heterocycles. The number of hydrogen-bond acceptors (Lipinski definition) is 1. The molecule has 1 atom stereocenters. The van der Waals surface area contributed by atoms with E-state index in [1.165, 1.54) is 11.1 Å². The second kappa shape index (κ2) is 6.28. The van der Waals surface area contributed by atoms with Gasteiger partial charge in [0.2, 0.25) is 0 Å². The van der Waals surface area contributed by atoms with E-state index in [0.29, 0.717) is 5.92 Å². The van der Waals surface area contributed by atoms with Gasteiger partial charge >= 0.3 is 0 Å². The van der Waals surface area contributed by atoms with Gasteiger partial charge in [-0.2, -0.15) is 0 Å². The van der Waals surface area contributed by atoms with Crippen molar-refractivity contribution < 1.29 is 0 Å². The highest BCUT2D eigenvalue weighted by atomic mass is 15.3. The summed E-state index contributed by atoms with van der Waals surface area (Å²) in [7, 11) is 5.79. The molecule has 0 aliphatic carbocycles. The molecule has 3 nitrogen and oxygen atoms in total. The van der Waals surface area contributed by atoms with Gasteiger partial charge in [0.15, 0.2) is 5.96 Å². The fourth-order valence-electron chi connectivity index (χ4n) is 1.78. The molecule has 0 radical (unpaired) electrons. The predicted molar refractivity (Wildman–Crippen MR) is 74.6 cm³/mol. The molecule has 0 heterocycles. The van der Waals surface area contributed by atoms with Gasteiger partial charge in [0.1, 0.15) is 0 Å². The predicted octanol–water partition coefficient (Wildman–Crippen LogP) is 2.24. The van der Waals surface area contributed by atoms with Crippen molar-refractivity contribution in [3.8, 4) is 0 Å². The Morgan fingerprint density at radius 1 is 1.41 bits per heavy atom. The van der Waals surface area contributed by atoms with Gasteiger partial charge < -0.3 is 10.2 Å². The Kier molecular flexibility index (Phi) is 5.01. The minimum Gasteiger partial charge on any atom is -0.356 e. The molecule has 0 aliphatic rings. The maximum absolute atomic E-state index is 4.20. The van der Waals surface area contributed by atoms with Gasteiger partial charge in [-0.05, 0) is 18.4 Å². The van der Waals surface area contributed by atoms with Crippen LogP contribution in [0.2, 0.25) is 0 Å². The van der Waals surface area contributed by atoms with Gasteiger partial charge in [-0.25, -0.2) is 0 Å². The van der Waals surface area contributed by atoms with E-state index in [0.717, 1.165) is 12.5 Å². The lowest BCUT2D eigenvalue weighted by Crippen LogP contribution is -2.38. The summed E-state index contributed by atoms with van der Waals surface area (Å²) in [4.78, 5) is 6.19. The Bertz CT molecular complexity index is 383. The van der Waals surface area contributed by atoms with E-state index in [1.807, 2.05) is 19.0 Å². The highest BCUT2D eigenvalue weighted by Crippen LogP contribution is 2.15. The lowest BCUT2D eigenvalue weighted by molar-refractivity contribution is 0.571. The summed E-state index contributed by atoms with van der Waals surface area (Å²) in [6, 6.07) is 8.66.